The molecule has 0 N–H and O–H groups in total. The molecular formula is C12H14Br. The predicted molar refractivity (Wildman–Crippen MR) is 60.7 cm³/mol. The molecule has 0 saturated heterocycles. The van der Waals surface area contributed by atoms with E-state index < -0.39 is 0 Å². The van der Waals surface area contributed by atoms with Gasteiger partial charge in [-0.05, 0) is 36.6 Å². The number of unbranched alkanes of at least 4 members (excludes halogenated alkanes) is 1. The van der Waals surface area contributed by atoms with Crippen LogP contribution in [-0.2, 0) is 6.42 Å². The average Bonchev–Trinajstić information content (AvgIpc) is 2.13. The fourth-order valence-electron chi connectivity index (χ4n) is 1.10. The van der Waals surface area contributed by atoms with Crippen molar-refractivity contribution < 1.29 is 0 Å². The lowest BCUT2D eigenvalue weighted by Gasteiger charge is -1.95. The van der Waals surface area contributed by atoms with E-state index in [-0.39, 0.29) is 0 Å². The number of benzene rings is 1. The van der Waals surface area contributed by atoms with Gasteiger partial charge in [-0.1, -0.05) is 47.5 Å². The number of halogens is 1. The van der Waals surface area contributed by atoms with Crippen LogP contribution in [0.3, 0.4) is 0 Å². The van der Waals surface area contributed by atoms with Gasteiger partial charge < -0.3 is 0 Å². The fraction of sp³-hybridized carbons (Fsp3) is 0.333. The Bertz CT molecular complexity index is 276. The smallest absolute Gasteiger partial charge is 0.0178 e. The first-order chi connectivity index (χ1) is 6.33. The Hall–Kier alpha value is -0.560. The largest absolute Gasteiger partial charge is 0.0882 e. The number of allylic oxidation sites excluding steroid dienone is 2. The van der Waals surface area contributed by atoms with Gasteiger partial charge in [-0.2, -0.15) is 0 Å². The number of rotatable bonds is 4. The highest BCUT2D eigenvalue weighted by Crippen LogP contribution is 2.11. The molecule has 0 aromatic heterocycles. The Morgan fingerprint density at radius 2 is 2.31 bits per heavy atom. The fourth-order valence-corrected chi connectivity index (χ4v) is 1.51. The molecule has 0 aliphatic rings. The molecule has 1 rings (SSSR count). The van der Waals surface area contributed by atoms with Crippen LogP contribution in [0.15, 0.2) is 34.8 Å². The lowest BCUT2D eigenvalue weighted by molar-refractivity contribution is 0.953. The van der Waals surface area contributed by atoms with E-state index >= 15 is 0 Å². The summed E-state index contributed by atoms with van der Waals surface area (Å²) in [6, 6.07) is 9.26. The van der Waals surface area contributed by atoms with E-state index in [0.717, 1.165) is 10.9 Å². The molecule has 0 atom stereocenters. The maximum atomic E-state index is 3.44. The zero-order chi connectivity index (χ0) is 9.52. The van der Waals surface area contributed by atoms with Gasteiger partial charge >= 0.3 is 0 Å². The summed E-state index contributed by atoms with van der Waals surface area (Å²) < 4.78 is 1.13. The molecule has 0 nitrogen and oxygen atoms in total. The van der Waals surface area contributed by atoms with Crippen molar-refractivity contribution in [2.75, 3.05) is 0 Å². The summed E-state index contributed by atoms with van der Waals surface area (Å²) in [6.07, 6.45) is 7.82. The standard InChI is InChI=1S/C12H14Br/c1-2-3-4-5-7-11-8-6-9-12(13)10-11/h4-6,9-10H,2-3,7H2,1H3. The number of hydrogen-bond acceptors (Lipinski definition) is 0. The highest BCUT2D eigenvalue weighted by molar-refractivity contribution is 9.10. The summed E-state index contributed by atoms with van der Waals surface area (Å²) in [7, 11) is 0. The Morgan fingerprint density at radius 1 is 1.46 bits per heavy atom. The van der Waals surface area contributed by atoms with E-state index in [0.29, 0.717) is 0 Å². The van der Waals surface area contributed by atoms with Crippen molar-refractivity contribution in [3.8, 4) is 0 Å². The molecule has 0 aliphatic heterocycles. The Kier molecular flexibility index (Phi) is 4.84. The molecular weight excluding hydrogens is 224 g/mol. The molecule has 0 heterocycles. The van der Waals surface area contributed by atoms with Gasteiger partial charge in [-0.3, -0.25) is 0 Å². The molecule has 0 saturated carbocycles. The maximum Gasteiger partial charge on any atom is 0.0178 e. The average molecular weight is 238 g/mol. The van der Waals surface area contributed by atoms with Gasteiger partial charge in [-0.25, -0.2) is 0 Å². The lowest BCUT2D eigenvalue weighted by atomic mass is 10.1. The third-order valence-corrected chi connectivity index (χ3v) is 2.28. The Balaban J connectivity index is 2.45. The molecule has 0 spiro atoms. The van der Waals surface area contributed by atoms with E-state index in [1.54, 1.807) is 0 Å². The quantitative estimate of drug-likeness (QED) is 0.691. The van der Waals surface area contributed by atoms with Gasteiger partial charge in [0, 0.05) is 4.47 Å². The van der Waals surface area contributed by atoms with Crippen LogP contribution >= 0.6 is 15.9 Å². The highest BCUT2D eigenvalue weighted by atomic mass is 79.9. The molecule has 1 radical (unpaired) electrons. The molecule has 1 heteroatoms. The monoisotopic (exact) mass is 237 g/mol. The van der Waals surface area contributed by atoms with Gasteiger partial charge in [0.1, 0.15) is 0 Å². The van der Waals surface area contributed by atoms with E-state index in [1.165, 1.54) is 18.4 Å². The maximum absolute atomic E-state index is 3.44. The lowest BCUT2D eigenvalue weighted by Crippen LogP contribution is -1.80. The van der Waals surface area contributed by atoms with Crippen LogP contribution in [0.4, 0.5) is 0 Å². The molecule has 1 aromatic rings. The molecule has 0 unspecified atom stereocenters. The number of hydrogen-bond donors (Lipinski definition) is 0. The second-order valence-corrected chi connectivity index (χ2v) is 3.91. The van der Waals surface area contributed by atoms with Crippen LogP contribution in [0.25, 0.3) is 0 Å². The van der Waals surface area contributed by atoms with Gasteiger partial charge in [0.2, 0.25) is 0 Å². The van der Waals surface area contributed by atoms with E-state index in [9.17, 15) is 0 Å². The SMILES string of the molecule is CCCC=CCc1[c]ccc(Br)c1. The second-order valence-electron chi connectivity index (χ2n) is 3.00. The van der Waals surface area contributed by atoms with Crippen molar-refractivity contribution >= 4 is 15.9 Å². The van der Waals surface area contributed by atoms with Crippen molar-refractivity contribution in [3.05, 3.63) is 46.5 Å². The predicted octanol–water partition coefficient (Wildman–Crippen LogP) is 4.15. The third-order valence-electron chi connectivity index (χ3n) is 1.78. The molecule has 1 aromatic carbocycles. The van der Waals surface area contributed by atoms with Crippen molar-refractivity contribution in [3.63, 3.8) is 0 Å². The first-order valence-electron chi connectivity index (χ1n) is 4.64. The molecule has 0 fully saturated rings. The highest BCUT2D eigenvalue weighted by Gasteiger charge is 1.90. The van der Waals surface area contributed by atoms with Gasteiger partial charge in [-0.15, -0.1) is 0 Å². The van der Waals surface area contributed by atoms with Crippen LogP contribution in [0, 0.1) is 6.07 Å². The molecule has 69 valence electrons. The van der Waals surface area contributed by atoms with Crippen molar-refractivity contribution in [2.45, 2.75) is 26.2 Å². The zero-order valence-electron chi connectivity index (χ0n) is 7.89. The first-order valence-corrected chi connectivity index (χ1v) is 5.43. The minimum atomic E-state index is 0.986. The summed E-state index contributed by atoms with van der Waals surface area (Å²) in [5, 5.41) is 0. The summed E-state index contributed by atoms with van der Waals surface area (Å²) in [6.45, 7) is 2.19. The topological polar surface area (TPSA) is 0 Å². The minimum Gasteiger partial charge on any atom is -0.0882 e. The Labute approximate surface area is 88.8 Å². The van der Waals surface area contributed by atoms with Gasteiger partial charge in [0.25, 0.3) is 0 Å². The van der Waals surface area contributed by atoms with Gasteiger partial charge in [0.05, 0.1) is 0 Å². The minimum absolute atomic E-state index is 0.986. The normalized spacial score (nSPS) is 10.9. The van der Waals surface area contributed by atoms with Crippen molar-refractivity contribution in [1.82, 2.24) is 0 Å². The van der Waals surface area contributed by atoms with E-state index in [2.05, 4.69) is 47.1 Å². The third kappa shape index (κ3) is 4.28. The zero-order valence-corrected chi connectivity index (χ0v) is 9.47. The van der Waals surface area contributed by atoms with Crippen LogP contribution < -0.4 is 0 Å². The summed E-state index contributed by atoms with van der Waals surface area (Å²) >= 11 is 3.44. The van der Waals surface area contributed by atoms with Crippen LogP contribution in [0.1, 0.15) is 25.3 Å². The molecule has 0 amide bonds. The van der Waals surface area contributed by atoms with Gasteiger partial charge in [0.15, 0.2) is 0 Å². The van der Waals surface area contributed by atoms with Crippen LogP contribution in [-0.4, -0.2) is 0 Å². The van der Waals surface area contributed by atoms with E-state index in [1.807, 2.05) is 12.1 Å². The second kappa shape index (κ2) is 5.98. The molecule has 0 aliphatic carbocycles. The van der Waals surface area contributed by atoms with Crippen LogP contribution in [0.2, 0.25) is 0 Å². The van der Waals surface area contributed by atoms with Crippen LogP contribution in [0.5, 0.6) is 0 Å². The van der Waals surface area contributed by atoms with Crippen molar-refractivity contribution in [1.29, 1.82) is 0 Å². The molecule has 13 heavy (non-hydrogen) atoms. The summed E-state index contributed by atoms with van der Waals surface area (Å²) in [5.41, 5.74) is 1.24. The first kappa shape index (κ1) is 10.5. The molecule has 0 bridgehead atoms. The summed E-state index contributed by atoms with van der Waals surface area (Å²) in [5.74, 6) is 0. The Morgan fingerprint density at radius 3 is 3.00 bits per heavy atom. The summed E-state index contributed by atoms with van der Waals surface area (Å²) in [4.78, 5) is 0. The van der Waals surface area contributed by atoms with E-state index in [4.69, 9.17) is 0 Å². The van der Waals surface area contributed by atoms with Crippen molar-refractivity contribution in [2.24, 2.45) is 0 Å².